The van der Waals surface area contributed by atoms with Crippen LogP contribution < -0.4 is 5.73 Å². The minimum Gasteiger partial charge on any atom is -0.444 e. The first kappa shape index (κ1) is 35.1. The molecule has 0 rings (SSSR count). The average Bonchev–Trinajstić information content (AvgIpc) is 2.82. The smallest absolute Gasteiger partial charge is 0.410 e. The third-order valence-electron chi connectivity index (χ3n) is 5.28. The van der Waals surface area contributed by atoms with E-state index < -0.39 is 41.2 Å². The molecule has 0 aliphatic heterocycles. The van der Waals surface area contributed by atoms with Crippen molar-refractivity contribution in [3.05, 3.63) is 25.3 Å². The number of nitrogens with two attached hydrogens (primary N) is 1. The zero-order valence-corrected chi connectivity index (χ0v) is 24.1. The van der Waals surface area contributed by atoms with Gasteiger partial charge in [-0.1, -0.05) is 12.2 Å². The zero-order valence-electron chi connectivity index (χ0n) is 24.1. The Morgan fingerprint density at radius 2 is 1.05 bits per heavy atom. The number of carbonyl (C=O) groups is 6. The Labute approximate surface area is 231 Å². The summed E-state index contributed by atoms with van der Waals surface area (Å²) in [4.78, 5) is 80.2. The predicted molar refractivity (Wildman–Crippen MR) is 146 cm³/mol. The van der Waals surface area contributed by atoms with E-state index in [2.05, 4.69) is 13.2 Å². The molecule has 0 fully saturated rings. The molecule has 0 atom stereocenters. The molecule has 39 heavy (non-hydrogen) atoms. The Morgan fingerprint density at radius 1 is 0.667 bits per heavy atom. The van der Waals surface area contributed by atoms with Crippen LogP contribution in [0.25, 0.3) is 0 Å². The lowest BCUT2D eigenvalue weighted by molar-refractivity contribution is -0.144. The third-order valence-corrected chi connectivity index (χ3v) is 5.28. The molecule has 13 nitrogen and oxygen atoms in total. The fourth-order valence-electron chi connectivity index (χ4n) is 3.03. The van der Waals surface area contributed by atoms with Gasteiger partial charge >= 0.3 is 6.09 Å². The van der Waals surface area contributed by atoms with Crippen molar-refractivity contribution in [1.82, 2.24) is 24.5 Å². The second kappa shape index (κ2) is 16.8. The van der Waals surface area contributed by atoms with Crippen LogP contribution in [0.1, 0.15) is 33.6 Å². The molecule has 0 aromatic heterocycles. The quantitative estimate of drug-likeness (QED) is 0.266. The fourth-order valence-corrected chi connectivity index (χ4v) is 3.03. The molecule has 220 valence electrons. The first-order valence-electron chi connectivity index (χ1n) is 12.5. The van der Waals surface area contributed by atoms with Crippen LogP contribution in [-0.4, -0.2) is 133 Å². The summed E-state index contributed by atoms with van der Waals surface area (Å²) < 4.78 is 5.35. The summed E-state index contributed by atoms with van der Waals surface area (Å²) in [5.74, 6) is -2.68. The molecule has 2 N–H and O–H groups in total. The maximum Gasteiger partial charge on any atom is 0.410 e. The van der Waals surface area contributed by atoms with Crippen LogP contribution in [0.4, 0.5) is 4.79 Å². The lowest BCUT2D eigenvalue weighted by atomic mass is 10.2. The van der Waals surface area contributed by atoms with Crippen LogP contribution >= 0.6 is 0 Å². The highest BCUT2D eigenvalue weighted by atomic mass is 16.6. The normalized spacial score (nSPS) is 10.6. The van der Waals surface area contributed by atoms with Gasteiger partial charge in [0.15, 0.2) is 0 Å². The number of carbonyl (C=O) groups excluding carboxylic acids is 6. The maximum absolute atomic E-state index is 12.7. The molecule has 6 amide bonds. The lowest BCUT2D eigenvalue weighted by Crippen LogP contribution is -2.49. The number of hydrogen-bond donors (Lipinski definition) is 1. The Bertz CT molecular complexity index is 915. The van der Waals surface area contributed by atoms with E-state index in [0.717, 1.165) is 14.7 Å². The number of nitrogens with zero attached hydrogens (tertiary/aromatic N) is 5. The van der Waals surface area contributed by atoms with Crippen molar-refractivity contribution in [2.45, 2.75) is 39.2 Å². The van der Waals surface area contributed by atoms with Crippen molar-refractivity contribution < 1.29 is 33.5 Å². The minimum atomic E-state index is -0.743. The molecule has 13 heteroatoms. The van der Waals surface area contributed by atoms with E-state index >= 15 is 0 Å². The Kier molecular flexibility index (Phi) is 15.2. The molecule has 0 spiro atoms. The largest absolute Gasteiger partial charge is 0.444 e. The monoisotopic (exact) mass is 552 g/mol. The molecule has 0 aromatic rings. The first-order valence-corrected chi connectivity index (χ1v) is 12.5. The van der Waals surface area contributed by atoms with E-state index in [0.29, 0.717) is 12.8 Å². The molecule has 0 aromatic carbocycles. The Morgan fingerprint density at radius 3 is 1.44 bits per heavy atom. The number of likely N-dealkylation sites (N-methyl/N-ethyl adjacent to an activating group) is 3. The van der Waals surface area contributed by atoms with E-state index in [1.165, 1.54) is 30.9 Å². The highest BCUT2D eigenvalue weighted by Gasteiger charge is 2.26. The summed E-state index contributed by atoms with van der Waals surface area (Å²) in [5, 5.41) is 0. The predicted octanol–water partition coefficient (Wildman–Crippen LogP) is 0.0648. The van der Waals surface area contributed by atoms with Crippen molar-refractivity contribution in [2.75, 3.05) is 67.0 Å². The minimum absolute atomic E-state index is 0.218. The maximum atomic E-state index is 12.7. The summed E-state index contributed by atoms with van der Waals surface area (Å²) in [5.41, 5.74) is 4.46. The van der Waals surface area contributed by atoms with E-state index in [4.69, 9.17) is 10.5 Å². The van der Waals surface area contributed by atoms with Crippen molar-refractivity contribution in [3.63, 3.8) is 0 Å². The molecule has 0 aliphatic carbocycles. The van der Waals surface area contributed by atoms with E-state index in [1.54, 1.807) is 32.9 Å². The number of rotatable bonds is 16. The van der Waals surface area contributed by atoms with Gasteiger partial charge in [-0.05, 0) is 33.6 Å². The summed E-state index contributed by atoms with van der Waals surface area (Å²) in [7, 11) is 4.21. The van der Waals surface area contributed by atoms with Gasteiger partial charge in [0, 0.05) is 34.2 Å². The standard InChI is InChI=1S/C26H44N6O7/c1-9-11-13-31(15-20(27)33)24(37)18-30(8)22(35)16-28(6)21(34)17-29(7)23(36)19-32(14-12-10-2)25(38)39-26(3,4)5/h9-10H,1-2,11-19H2,3-8H3,(H2,27,33). The zero-order chi connectivity index (χ0) is 30.3. The van der Waals surface area contributed by atoms with Crippen LogP contribution in [0.5, 0.6) is 0 Å². The average molecular weight is 553 g/mol. The Balaban J connectivity index is 5.02. The van der Waals surface area contributed by atoms with Gasteiger partial charge < -0.3 is 30.1 Å². The summed E-state index contributed by atoms with van der Waals surface area (Å²) in [6, 6.07) is 0. The SMILES string of the molecule is C=CCCN(CC(N)=O)C(=O)CN(C)C(=O)CN(C)C(=O)CN(C)C(=O)CN(CCC=C)C(=O)OC(C)(C)C. The van der Waals surface area contributed by atoms with Gasteiger partial charge in [-0.15, -0.1) is 13.2 Å². The Hall–Kier alpha value is -3.90. The molecule has 0 unspecified atom stereocenters. The highest BCUT2D eigenvalue weighted by Crippen LogP contribution is 2.11. The highest BCUT2D eigenvalue weighted by molar-refractivity contribution is 5.91. The third kappa shape index (κ3) is 14.6. The van der Waals surface area contributed by atoms with Gasteiger partial charge in [0.05, 0.1) is 26.2 Å². The summed E-state index contributed by atoms with van der Waals surface area (Å²) in [6.07, 6.45) is 3.45. The molecule has 0 radical (unpaired) electrons. The van der Waals surface area contributed by atoms with E-state index in [-0.39, 0.29) is 45.8 Å². The molecule has 0 saturated heterocycles. The second-order valence-electron chi connectivity index (χ2n) is 10.1. The summed E-state index contributed by atoms with van der Waals surface area (Å²) >= 11 is 0. The van der Waals surface area contributed by atoms with Crippen LogP contribution in [0.15, 0.2) is 25.3 Å². The molecule has 0 saturated carbocycles. The van der Waals surface area contributed by atoms with Crippen LogP contribution in [0.2, 0.25) is 0 Å². The molecule has 0 aliphatic rings. The number of primary amides is 1. The van der Waals surface area contributed by atoms with Crippen LogP contribution in [0, 0.1) is 0 Å². The van der Waals surface area contributed by atoms with Gasteiger partial charge in [0.1, 0.15) is 12.1 Å². The van der Waals surface area contributed by atoms with Gasteiger partial charge in [-0.2, -0.15) is 0 Å². The van der Waals surface area contributed by atoms with E-state index in [1.807, 2.05) is 0 Å². The van der Waals surface area contributed by atoms with Gasteiger partial charge in [-0.3, -0.25) is 28.9 Å². The fraction of sp³-hybridized carbons (Fsp3) is 0.615. The molecule has 0 bridgehead atoms. The van der Waals surface area contributed by atoms with Crippen molar-refractivity contribution in [1.29, 1.82) is 0 Å². The number of hydrogen-bond acceptors (Lipinski definition) is 7. The van der Waals surface area contributed by atoms with Crippen LogP contribution in [-0.2, 0) is 28.7 Å². The molecular weight excluding hydrogens is 508 g/mol. The van der Waals surface area contributed by atoms with Gasteiger partial charge in [-0.25, -0.2) is 4.79 Å². The number of ether oxygens (including phenoxy) is 1. The first-order chi connectivity index (χ1) is 18.0. The molecule has 0 heterocycles. The van der Waals surface area contributed by atoms with Crippen molar-refractivity contribution in [2.24, 2.45) is 5.73 Å². The number of amides is 6. The lowest BCUT2D eigenvalue weighted by Gasteiger charge is -2.29. The van der Waals surface area contributed by atoms with Gasteiger partial charge in [0.25, 0.3) is 0 Å². The van der Waals surface area contributed by atoms with Crippen molar-refractivity contribution in [3.8, 4) is 0 Å². The summed E-state index contributed by atoms with van der Waals surface area (Å²) in [6.45, 7) is 11.2. The van der Waals surface area contributed by atoms with E-state index in [9.17, 15) is 28.8 Å². The molecular formula is C26H44N6O7. The van der Waals surface area contributed by atoms with Crippen LogP contribution in [0.3, 0.4) is 0 Å². The van der Waals surface area contributed by atoms with Crippen molar-refractivity contribution >= 4 is 35.6 Å². The topological polar surface area (TPSA) is 154 Å². The second-order valence-corrected chi connectivity index (χ2v) is 10.1. The van der Waals surface area contributed by atoms with Gasteiger partial charge in [0.2, 0.25) is 29.5 Å².